The zero-order valence-electron chi connectivity index (χ0n) is 7.17. The first kappa shape index (κ1) is 11.8. The summed E-state index contributed by atoms with van der Waals surface area (Å²) in [6, 6.07) is 0. The summed E-state index contributed by atoms with van der Waals surface area (Å²) in [5.74, 6) is 0. The molecule has 0 aromatic heterocycles. The lowest BCUT2D eigenvalue weighted by Crippen LogP contribution is -2.40. The highest BCUT2D eigenvalue weighted by Crippen LogP contribution is 2.03. The molecule has 6 heteroatoms. The lowest BCUT2D eigenvalue weighted by molar-refractivity contribution is -0.301. The smallest absolute Gasteiger partial charge is 0.145 e. The Labute approximate surface area is 70.9 Å². The third kappa shape index (κ3) is 3.96. The Morgan fingerprint density at radius 3 is 1.67 bits per heavy atom. The standard InChI is InChI=1S/C6H15NO5/c1-5(11-3-8)7(10)6(2)12-4-9/h5-6,8-10H,3-4H2,1-2H3. The fourth-order valence-electron chi connectivity index (χ4n) is 0.664. The second-order valence-corrected chi connectivity index (χ2v) is 2.17. The predicted molar refractivity (Wildman–Crippen MR) is 38.9 cm³/mol. The molecule has 0 aromatic rings. The third-order valence-corrected chi connectivity index (χ3v) is 1.38. The maximum absolute atomic E-state index is 9.21. The number of hydrogen-bond acceptors (Lipinski definition) is 6. The van der Waals surface area contributed by atoms with Crippen LogP contribution in [0, 0.1) is 0 Å². The summed E-state index contributed by atoms with van der Waals surface area (Å²) in [6.45, 7) is 2.11. The molecule has 0 aliphatic rings. The van der Waals surface area contributed by atoms with Crippen LogP contribution in [-0.2, 0) is 9.47 Å². The third-order valence-electron chi connectivity index (χ3n) is 1.38. The Kier molecular flexibility index (Phi) is 6.17. The number of aliphatic hydroxyl groups is 2. The number of rotatable bonds is 6. The van der Waals surface area contributed by atoms with Gasteiger partial charge in [0, 0.05) is 0 Å². The molecule has 0 aliphatic heterocycles. The molecule has 0 aliphatic carbocycles. The van der Waals surface area contributed by atoms with Crippen molar-refractivity contribution in [3.8, 4) is 0 Å². The molecule has 3 N–H and O–H groups in total. The van der Waals surface area contributed by atoms with E-state index in [1.165, 1.54) is 13.8 Å². The minimum absolute atomic E-state index is 0.482. The maximum atomic E-state index is 9.21. The zero-order valence-corrected chi connectivity index (χ0v) is 7.17. The Balaban J connectivity index is 3.73. The van der Waals surface area contributed by atoms with Crippen molar-refractivity contribution in [2.75, 3.05) is 13.6 Å². The molecular formula is C6H15NO5. The molecule has 0 radical (unpaired) electrons. The van der Waals surface area contributed by atoms with Crippen LogP contribution in [0.3, 0.4) is 0 Å². The van der Waals surface area contributed by atoms with Crippen LogP contribution in [0.2, 0.25) is 0 Å². The van der Waals surface area contributed by atoms with Gasteiger partial charge in [-0.25, -0.2) is 0 Å². The normalized spacial score (nSPS) is 16.5. The molecule has 0 spiro atoms. The second kappa shape index (κ2) is 6.30. The molecule has 74 valence electrons. The Hall–Kier alpha value is -0.240. The molecule has 0 amide bonds. The molecule has 0 saturated heterocycles. The molecule has 0 rings (SSSR count). The van der Waals surface area contributed by atoms with Gasteiger partial charge in [0.1, 0.15) is 26.0 Å². The maximum Gasteiger partial charge on any atom is 0.145 e. The average molecular weight is 181 g/mol. The van der Waals surface area contributed by atoms with E-state index in [-0.39, 0.29) is 0 Å². The quantitative estimate of drug-likeness (QED) is 0.371. The van der Waals surface area contributed by atoms with Crippen LogP contribution in [0.25, 0.3) is 0 Å². The molecule has 2 unspecified atom stereocenters. The van der Waals surface area contributed by atoms with Gasteiger partial charge in [-0.1, -0.05) is 0 Å². The molecular weight excluding hydrogens is 166 g/mol. The van der Waals surface area contributed by atoms with Gasteiger partial charge in [0.25, 0.3) is 0 Å². The van der Waals surface area contributed by atoms with Gasteiger partial charge in [0.15, 0.2) is 0 Å². The lowest BCUT2D eigenvalue weighted by Gasteiger charge is -2.26. The van der Waals surface area contributed by atoms with Gasteiger partial charge in [-0.2, -0.15) is 0 Å². The topological polar surface area (TPSA) is 82.4 Å². The average Bonchev–Trinajstić information content (AvgIpc) is 2.04. The van der Waals surface area contributed by atoms with E-state index in [4.69, 9.17) is 10.2 Å². The van der Waals surface area contributed by atoms with E-state index in [9.17, 15) is 5.21 Å². The van der Waals surface area contributed by atoms with E-state index in [1.54, 1.807) is 0 Å². The molecule has 0 fully saturated rings. The van der Waals surface area contributed by atoms with Crippen molar-refractivity contribution in [3.05, 3.63) is 0 Å². The summed E-state index contributed by atoms with van der Waals surface area (Å²) in [5.41, 5.74) is 0. The minimum Gasteiger partial charge on any atom is -0.371 e. The molecule has 0 heterocycles. The number of hydrogen-bond donors (Lipinski definition) is 3. The predicted octanol–water partition coefficient (Wildman–Crippen LogP) is -0.698. The number of aliphatic hydroxyl groups excluding tert-OH is 2. The molecule has 0 saturated carbocycles. The van der Waals surface area contributed by atoms with E-state index in [0.29, 0.717) is 0 Å². The van der Waals surface area contributed by atoms with Crippen molar-refractivity contribution in [2.45, 2.75) is 26.3 Å². The van der Waals surface area contributed by atoms with Gasteiger partial charge in [0.05, 0.1) is 0 Å². The van der Waals surface area contributed by atoms with E-state index >= 15 is 0 Å². The highest BCUT2D eigenvalue weighted by atomic mass is 16.7. The molecule has 12 heavy (non-hydrogen) atoms. The van der Waals surface area contributed by atoms with Crippen molar-refractivity contribution < 1.29 is 24.9 Å². The van der Waals surface area contributed by atoms with Gasteiger partial charge < -0.3 is 24.9 Å². The largest absolute Gasteiger partial charge is 0.371 e. The first-order chi connectivity index (χ1) is 5.63. The Morgan fingerprint density at radius 1 is 1.08 bits per heavy atom. The number of ether oxygens (including phenoxy) is 2. The van der Waals surface area contributed by atoms with Gasteiger partial charge in [-0.15, -0.1) is 5.06 Å². The fourth-order valence-corrected chi connectivity index (χ4v) is 0.664. The van der Waals surface area contributed by atoms with E-state index in [0.717, 1.165) is 5.06 Å². The molecule has 0 aromatic carbocycles. The second-order valence-electron chi connectivity index (χ2n) is 2.17. The van der Waals surface area contributed by atoms with Gasteiger partial charge in [-0.05, 0) is 13.8 Å². The first-order valence-corrected chi connectivity index (χ1v) is 3.55. The zero-order chi connectivity index (χ0) is 9.56. The monoisotopic (exact) mass is 181 g/mol. The van der Waals surface area contributed by atoms with Crippen LogP contribution in [0.15, 0.2) is 0 Å². The first-order valence-electron chi connectivity index (χ1n) is 3.55. The van der Waals surface area contributed by atoms with Gasteiger partial charge in [-0.3, -0.25) is 0 Å². The van der Waals surface area contributed by atoms with Crippen molar-refractivity contribution in [3.63, 3.8) is 0 Å². The molecule has 6 nitrogen and oxygen atoms in total. The lowest BCUT2D eigenvalue weighted by atomic mass is 10.5. The summed E-state index contributed by atoms with van der Waals surface area (Å²) in [5, 5.41) is 26.6. The van der Waals surface area contributed by atoms with Crippen molar-refractivity contribution in [1.29, 1.82) is 0 Å². The van der Waals surface area contributed by atoms with Gasteiger partial charge in [0.2, 0.25) is 0 Å². The van der Waals surface area contributed by atoms with Crippen molar-refractivity contribution in [2.24, 2.45) is 0 Å². The number of hydroxylamine groups is 2. The van der Waals surface area contributed by atoms with Crippen LogP contribution in [0.5, 0.6) is 0 Å². The van der Waals surface area contributed by atoms with E-state index < -0.39 is 26.0 Å². The molecule has 2 atom stereocenters. The molecule has 0 bridgehead atoms. The fraction of sp³-hybridized carbons (Fsp3) is 1.00. The SMILES string of the molecule is CC(OCO)N(O)C(C)OCO. The van der Waals surface area contributed by atoms with Crippen LogP contribution in [0.1, 0.15) is 13.8 Å². The van der Waals surface area contributed by atoms with Gasteiger partial charge >= 0.3 is 0 Å². The summed E-state index contributed by atoms with van der Waals surface area (Å²) < 4.78 is 9.28. The van der Waals surface area contributed by atoms with E-state index in [1.807, 2.05) is 0 Å². The minimum atomic E-state index is -0.684. The van der Waals surface area contributed by atoms with Crippen LogP contribution < -0.4 is 0 Å². The highest BCUT2D eigenvalue weighted by molar-refractivity contribution is 4.47. The summed E-state index contributed by atoms with van der Waals surface area (Å²) in [4.78, 5) is 0. The van der Waals surface area contributed by atoms with Crippen molar-refractivity contribution in [1.82, 2.24) is 5.06 Å². The Morgan fingerprint density at radius 2 is 1.42 bits per heavy atom. The summed E-state index contributed by atoms with van der Waals surface area (Å²) in [7, 11) is 0. The summed E-state index contributed by atoms with van der Waals surface area (Å²) >= 11 is 0. The van der Waals surface area contributed by atoms with Crippen molar-refractivity contribution >= 4 is 0 Å². The highest BCUT2D eigenvalue weighted by Gasteiger charge is 2.18. The van der Waals surface area contributed by atoms with Crippen LogP contribution in [-0.4, -0.2) is 46.5 Å². The Bertz CT molecular complexity index is 100. The van der Waals surface area contributed by atoms with E-state index in [2.05, 4.69) is 9.47 Å². The van der Waals surface area contributed by atoms with Crippen LogP contribution in [0.4, 0.5) is 0 Å². The summed E-state index contributed by atoms with van der Waals surface area (Å²) in [6.07, 6.45) is -1.37. The number of nitrogens with zero attached hydrogens (tertiary/aromatic N) is 1. The van der Waals surface area contributed by atoms with Crippen LogP contribution >= 0.6 is 0 Å².